The fourth-order valence-corrected chi connectivity index (χ4v) is 3.67. The number of hydrogen-bond acceptors (Lipinski definition) is 4. The van der Waals surface area contributed by atoms with E-state index in [-0.39, 0.29) is 11.7 Å². The van der Waals surface area contributed by atoms with Crippen LogP contribution < -0.4 is 0 Å². The average molecular weight is 394 g/mol. The molecule has 2 aliphatic rings. The Morgan fingerprint density at radius 1 is 0.893 bits per heavy atom. The summed E-state index contributed by atoms with van der Waals surface area (Å²) < 4.78 is 12.9. The first-order valence-electron chi connectivity index (χ1n) is 9.53. The van der Waals surface area contributed by atoms with E-state index in [0.717, 1.165) is 32.1 Å². The van der Waals surface area contributed by atoms with Crippen LogP contribution in [0.1, 0.15) is 43.0 Å². The molecule has 1 saturated heterocycles. The maximum atomic E-state index is 12.9. The molecular formula is C20H27FN2O5. The third-order valence-corrected chi connectivity index (χ3v) is 5.38. The van der Waals surface area contributed by atoms with E-state index in [2.05, 4.69) is 11.8 Å². The highest BCUT2D eigenvalue weighted by atomic mass is 19.1. The smallest absolute Gasteiger partial charge is 0.414 e. The van der Waals surface area contributed by atoms with Gasteiger partial charge in [0.1, 0.15) is 5.82 Å². The minimum Gasteiger partial charge on any atom is -0.473 e. The Morgan fingerprint density at radius 3 is 1.86 bits per heavy atom. The zero-order valence-electron chi connectivity index (χ0n) is 16.0. The summed E-state index contributed by atoms with van der Waals surface area (Å²) in [6.45, 7) is 5.83. The van der Waals surface area contributed by atoms with Gasteiger partial charge in [0, 0.05) is 37.8 Å². The quantitative estimate of drug-likeness (QED) is 0.747. The topological polar surface area (TPSA) is 98.2 Å². The van der Waals surface area contributed by atoms with E-state index in [4.69, 9.17) is 19.8 Å². The van der Waals surface area contributed by atoms with Crippen molar-refractivity contribution in [2.24, 2.45) is 5.92 Å². The van der Waals surface area contributed by atoms with Crippen molar-refractivity contribution in [1.82, 2.24) is 9.80 Å². The molecule has 8 heteroatoms. The Labute approximate surface area is 163 Å². The lowest BCUT2D eigenvalue weighted by atomic mass is 9.86. The zero-order chi connectivity index (χ0) is 20.7. The highest BCUT2D eigenvalue weighted by molar-refractivity contribution is 6.27. The molecule has 1 aliphatic heterocycles. The van der Waals surface area contributed by atoms with E-state index in [1.807, 2.05) is 4.90 Å². The summed E-state index contributed by atoms with van der Waals surface area (Å²) in [4.78, 5) is 35.1. The molecule has 28 heavy (non-hydrogen) atoms. The molecule has 0 atom stereocenters. The number of rotatable bonds is 2. The lowest BCUT2D eigenvalue weighted by Crippen LogP contribution is -2.52. The first kappa shape index (κ1) is 21.8. The Hall–Kier alpha value is -2.48. The van der Waals surface area contributed by atoms with E-state index >= 15 is 0 Å². The largest absolute Gasteiger partial charge is 0.473 e. The highest BCUT2D eigenvalue weighted by Crippen LogP contribution is 2.27. The monoisotopic (exact) mass is 394 g/mol. The molecule has 0 spiro atoms. The molecule has 7 nitrogen and oxygen atoms in total. The number of nitrogens with zero attached hydrogens (tertiary/aromatic N) is 2. The number of hydrogen-bond donors (Lipinski definition) is 2. The third-order valence-electron chi connectivity index (χ3n) is 5.38. The molecular weight excluding hydrogens is 367 g/mol. The molecule has 1 heterocycles. The van der Waals surface area contributed by atoms with Crippen molar-refractivity contribution in [2.45, 2.75) is 38.6 Å². The molecule has 2 N–H and O–H groups in total. The van der Waals surface area contributed by atoms with Crippen LogP contribution in [-0.2, 0) is 9.59 Å². The summed E-state index contributed by atoms with van der Waals surface area (Å²) in [5, 5.41) is 14.8. The summed E-state index contributed by atoms with van der Waals surface area (Å²) in [6, 6.07) is 6.57. The average Bonchev–Trinajstić information content (AvgIpc) is 2.69. The minimum absolute atomic E-state index is 0.0249. The van der Waals surface area contributed by atoms with Crippen molar-refractivity contribution >= 4 is 17.8 Å². The van der Waals surface area contributed by atoms with Gasteiger partial charge in [-0.15, -0.1) is 0 Å². The van der Waals surface area contributed by atoms with Gasteiger partial charge in [-0.1, -0.05) is 6.92 Å². The molecule has 3 rings (SSSR count). The van der Waals surface area contributed by atoms with Crippen molar-refractivity contribution in [3.05, 3.63) is 35.6 Å². The van der Waals surface area contributed by atoms with Crippen LogP contribution in [0.3, 0.4) is 0 Å². The van der Waals surface area contributed by atoms with Crippen LogP contribution in [0.25, 0.3) is 0 Å². The number of carboxylic acids is 2. The van der Waals surface area contributed by atoms with Crippen molar-refractivity contribution < 1.29 is 29.0 Å². The lowest BCUT2D eigenvalue weighted by molar-refractivity contribution is -0.159. The van der Waals surface area contributed by atoms with Gasteiger partial charge in [0.2, 0.25) is 0 Å². The van der Waals surface area contributed by atoms with Gasteiger partial charge < -0.3 is 15.1 Å². The van der Waals surface area contributed by atoms with Crippen LogP contribution in [0.4, 0.5) is 4.39 Å². The summed E-state index contributed by atoms with van der Waals surface area (Å²) in [6.07, 6.45) is 5.26. The van der Waals surface area contributed by atoms with Gasteiger partial charge in [-0.25, -0.2) is 14.0 Å². The van der Waals surface area contributed by atoms with E-state index in [9.17, 15) is 9.18 Å². The van der Waals surface area contributed by atoms with E-state index in [0.29, 0.717) is 11.6 Å². The van der Waals surface area contributed by atoms with Crippen LogP contribution in [0.2, 0.25) is 0 Å². The lowest BCUT2D eigenvalue weighted by Gasteiger charge is -2.41. The van der Waals surface area contributed by atoms with Crippen molar-refractivity contribution in [2.75, 3.05) is 26.2 Å². The standard InChI is InChI=1S/C18H25FN2O.C2H2O4/c1-14-2-8-17(9-3-14)20-10-12-21(13-11-20)18(22)15-4-6-16(19)7-5-15;3-1(4)2(5)6/h4-7,14,17H,2-3,8-13H2,1H3;(H,3,4)(H,5,6). The molecule has 0 radical (unpaired) electrons. The van der Waals surface area contributed by atoms with Gasteiger partial charge in [0.15, 0.2) is 0 Å². The molecule has 2 fully saturated rings. The molecule has 1 aliphatic carbocycles. The molecule has 0 bridgehead atoms. The van der Waals surface area contributed by atoms with E-state index in [1.165, 1.54) is 37.8 Å². The number of benzene rings is 1. The maximum absolute atomic E-state index is 12.9. The summed E-state index contributed by atoms with van der Waals surface area (Å²) in [7, 11) is 0. The molecule has 1 amide bonds. The predicted octanol–water partition coefficient (Wildman–Crippen LogP) is 2.32. The van der Waals surface area contributed by atoms with Crippen molar-refractivity contribution in [1.29, 1.82) is 0 Å². The number of carbonyl (C=O) groups is 3. The van der Waals surface area contributed by atoms with Crippen molar-refractivity contribution in [3.63, 3.8) is 0 Å². The van der Waals surface area contributed by atoms with E-state index in [1.54, 1.807) is 12.1 Å². The second-order valence-corrected chi connectivity index (χ2v) is 7.36. The van der Waals surface area contributed by atoms with Crippen LogP contribution in [0.15, 0.2) is 24.3 Å². The van der Waals surface area contributed by atoms with Crippen LogP contribution in [-0.4, -0.2) is 70.1 Å². The number of carbonyl (C=O) groups excluding carboxylic acids is 1. The van der Waals surface area contributed by atoms with Gasteiger partial charge in [-0.05, 0) is 55.9 Å². The SMILES string of the molecule is CC1CCC(N2CCN(C(=O)c3ccc(F)cc3)CC2)CC1.O=C(O)C(=O)O. The normalized spacial score (nSPS) is 22.7. The number of piperazine rings is 1. The van der Waals surface area contributed by atoms with E-state index < -0.39 is 11.9 Å². The molecule has 1 aromatic carbocycles. The summed E-state index contributed by atoms with van der Waals surface area (Å²) >= 11 is 0. The molecule has 0 aromatic heterocycles. The van der Waals surface area contributed by atoms with Crippen LogP contribution in [0.5, 0.6) is 0 Å². The fraction of sp³-hybridized carbons (Fsp3) is 0.550. The van der Waals surface area contributed by atoms with Gasteiger partial charge in [0.25, 0.3) is 5.91 Å². The molecule has 1 aromatic rings. The van der Waals surface area contributed by atoms with Gasteiger partial charge >= 0.3 is 11.9 Å². The fourth-order valence-electron chi connectivity index (χ4n) is 3.67. The van der Waals surface area contributed by atoms with Gasteiger partial charge in [-0.3, -0.25) is 9.69 Å². The Morgan fingerprint density at radius 2 is 1.39 bits per heavy atom. The predicted molar refractivity (Wildman–Crippen MR) is 101 cm³/mol. The Balaban J connectivity index is 0.000000409. The third kappa shape index (κ3) is 6.30. The van der Waals surface area contributed by atoms with Gasteiger partial charge in [0.05, 0.1) is 0 Å². The first-order chi connectivity index (χ1) is 13.3. The highest BCUT2D eigenvalue weighted by Gasteiger charge is 2.28. The van der Waals surface area contributed by atoms with Gasteiger partial charge in [-0.2, -0.15) is 0 Å². The zero-order valence-corrected chi connectivity index (χ0v) is 16.0. The minimum atomic E-state index is -1.82. The Kier molecular flexibility index (Phi) is 7.92. The van der Waals surface area contributed by atoms with Crippen molar-refractivity contribution in [3.8, 4) is 0 Å². The van der Waals surface area contributed by atoms with Crippen LogP contribution >= 0.6 is 0 Å². The maximum Gasteiger partial charge on any atom is 0.414 e. The number of halogens is 1. The second-order valence-electron chi connectivity index (χ2n) is 7.36. The van der Waals surface area contributed by atoms with Crippen LogP contribution in [0, 0.1) is 11.7 Å². The first-order valence-corrected chi connectivity index (χ1v) is 9.53. The molecule has 0 unspecified atom stereocenters. The molecule has 1 saturated carbocycles. The number of carboxylic acid groups (broad SMARTS) is 2. The number of amides is 1. The molecule has 154 valence electrons. The second kappa shape index (κ2) is 10.2. The number of aliphatic carboxylic acids is 2. The summed E-state index contributed by atoms with van der Waals surface area (Å²) in [5.74, 6) is -3.05. The Bertz CT molecular complexity index is 666. The summed E-state index contributed by atoms with van der Waals surface area (Å²) in [5.41, 5.74) is 0.585.